The van der Waals surface area contributed by atoms with Gasteiger partial charge in [0.2, 0.25) is 5.91 Å². The van der Waals surface area contributed by atoms with E-state index in [0.29, 0.717) is 17.1 Å². The molecular formula is C19H26ClN3O3. The van der Waals surface area contributed by atoms with Crippen LogP contribution in [-0.2, 0) is 14.3 Å². The first-order chi connectivity index (χ1) is 12.4. The monoisotopic (exact) mass is 379 g/mol. The largest absolute Gasteiger partial charge is 0.356 e. The number of amides is 2. The van der Waals surface area contributed by atoms with Crippen LogP contribution in [0.15, 0.2) is 24.3 Å². The van der Waals surface area contributed by atoms with E-state index in [4.69, 9.17) is 16.3 Å². The number of halogens is 1. The van der Waals surface area contributed by atoms with Crippen LogP contribution in [0, 0.1) is 0 Å². The number of carbonyl (C=O) groups is 2. The summed E-state index contributed by atoms with van der Waals surface area (Å²) in [6.45, 7) is 6.77. The number of nitrogens with one attached hydrogen (secondary N) is 2. The molecule has 6 nitrogen and oxygen atoms in total. The van der Waals surface area contributed by atoms with E-state index in [0.717, 1.165) is 13.1 Å². The summed E-state index contributed by atoms with van der Waals surface area (Å²) < 4.78 is 5.57. The number of benzene rings is 1. The van der Waals surface area contributed by atoms with Crippen molar-refractivity contribution < 1.29 is 14.3 Å². The summed E-state index contributed by atoms with van der Waals surface area (Å²) in [6, 6.07) is 6.58. The molecule has 142 valence electrons. The molecule has 1 aromatic carbocycles. The Balaban J connectivity index is 1.70. The quantitative estimate of drug-likeness (QED) is 0.819. The van der Waals surface area contributed by atoms with Crippen molar-refractivity contribution in [1.29, 1.82) is 0 Å². The van der Waals surface area contributed by atoms with E-state index in [9.17, 15) is 9.59 Å². The second kappa shape index (κ2) is 7.94. The molecule has 0 unspecified atom stereocenters. The van der Waals surface area contributed by atoms with E-state index in [1.54, 1.807) is 12.1 Å². The highest BCUT2D eigenvalue weighted by atomic mass is 35.5. The SMILES string of the molecule is CC(C)(CNC(=O)[C@H]1OCC(=O)N[C@@H]1c1ccccc1Cl)N1CCCC1. The topological polar surface area (TPSA) is 70.7 Å². The first-order valence-corrected chi connectivity index (χ1v) is 9.44. The number of rotatable bonds is 5. The zero-order valence-electron chi connectivity index (χ0n) is 15.3. The lowest BCUT2D eigenvalue weighted by atomic mass is 9.98. The maximum absolute atomic E-state index is 12.8. The second-order valence-electron chi connectivity index (χ2n) is 7.52. The lowest BCUT2D eigenvalue weighted by molar-refractivity contribution is -0.148. The van der Waals surface area contributed by atoms with Gasteiger partial charge < -0.3 is 15.4 Å². The Hall–Kier alpha value is -1.63. The van der Waals surface area contributed by atoms with Crippen LogP contribution in [-0.4, -0.2) is 54.6 Å². The van der Waals surface area contributed by atoms with E-state index >= 15 is 0 Å². The molecule has 2 saturated heterocycles. The van der Waals surface area contributed by atoms with Crippen LogP contribution in [0.5, 0.6) is 0 Å². The molecular weight excluding hydrogens is 354 g/mol. The fourth-order valence-corrected chi connectivity index (χ4v) is 3.84. The average molecular weight is 380 g/mol. The lowest BCUT2D eigenvalue weighted by Crippen LogP contribution is -2.56. The van der Waals surface area contributed by atoms with Gasteiger partial charge in [-0.3, -0.25) is 14.5 Å². The number of ether oxygens (including phenoxy) is 1. The Morgan fingerprint density at radius 2 is 2.04 bits per heavy atom. The molecule has 2 aliphatic heterocycles. The lowest BCUT2D eigenvalue weighted by Gasteiger charge is -2.37. The van der Waals surface area contributed by atoms with Crippen LogP contribution in [0.2, 0.25) is 5.02 Å². The minimum Gasteiger partial charge on any atom is -0.356 e. The summed E-state index contributed by atoms with van der Waals surface area (Å²) in [4.78, 5) is 27.0. The molecule has 1 aromatic rings. The zero-order chi connectivity index (χ0) is 18.7. The molecule has 7 heteroatoms. The van der Waals surface area contributed by atoms with Crippen LogP contribution in [0.1, 0.15) is 38.3 Å². The van der Waals surface area contributed by atoms with Gasteiger partial charge in [-0.05, 0) is 51.4 Å². The van der Waals surface area contributed by atoms with Gasteiger partial charge in [0, 0.05) is 17.1 Å². The number of carbonyl (C=O) groups excluding carboxylic acids is 2. The molecule has 0 bridgehead atoms. The second-order valence-corrected chi connectivity index (χ2v) is 7.93. The number of hydrogen-bond acceptors (Lipinski definition) is 4. The minimum atomic E-state index is -0.804. The standard InChI is InChI=1S/C19H26ClN3O3/c1-19(2,23-9-5-6-10-23)12-21-18(25)17-16(22-15(24)11-26-17)13-7-3-4-8-14(13)20/h3-4,7-8,16-17H,5-6,9-12H2,1-2H3,(H,21,25)(H,22,24)/t16-,17+/m1/s1. The molecule has 2 atom stereocenters. The van der Waals surface area contributed by atoms with E-state index in [-0.39, 0.29) is 24.0 Å². The predicted molar refractivity (Wildman–Crippen MR) is 100.0 cm³/mol. The summed E-state index contributed by atoms with van der Waals surface area (Å²) in [5.41, 5.74) is 0.561. The Labute approximate surface area is 159 Å². The van der Waals surface area contributed by atoms with Crippen molar-refractivity contribution in [3.05, 3.63) is 34.9 Å². The van der Waals surface area contributed by atoms with Gasteiger partial charge in [0.15, 0.2) is 6.10 Å². The third-order valence-corrected chi connectivity index (χ3v) is 5.51. The van der Waals surface area contributed by atoms with Gasteiger partial charge in [-0.25, -0.2) is 0 Å². The van der Waals surface area contributed by atoms with Crippen LogP contribution >= 0.6 is 11.6 Å². The Bertz CT molecular complexity index is 674. The molecule has 3 rings (SSSR count). The third kappa shape index (κ3) is 4.19. The van der Waals surface area contributed by atoms with Crippen LogP contribution in [0.3, 0.4) is 0 Å². The molecule has 2 N–H and O–H groups in total. The summed E-state index contributed by atoms with van der Waals surface area (Å²) in [5, 5.41) is 6.34. The van der Waals surface area contributed by atoms with Crippen molar-refractivity contribution in [3.8, 4) is 0 Å². The molecule has 2 aliphatic rings. The number of morpholine rings is 1. The molecule has 0 spiro atoms. The van der Waals surface area contributed by atoms with Gasteiger partial charge in [0.1, 0.15) is 6.61 Å². The van der Waals surface area contributed by atoms with Gasteiger partial charge in [0.05, 0.1) is 6.04 Å². The molecule has 2 heterocycles. The highest BCUT2D eigenvalue weighted by molar-refractivity contribution is 6.31. The van der Waals surface area contributed by atoms with Crippen molar-refractivity contribution >= 4 is 23.4 Å². The Morgan fingerprint density at radius 1 is 1.35 bits per heavy atom. The van der Waals surface area contributed by atoms with E-state index in [1.807, 2.05) is 12.1 Å². The Morgan fingerprint density at radius 3 is 2.73 bits per heavy atom. The normalized spacial score (nSPS) is 24.3. The summed E-state index contributed by atoms with van der Waals surface area (Å²) >= 11 is 6.27. The number of likely N-dealkylation sites (tertiary alicyclic amines) is 1. The van der Waals surface area contributed by atoms with Gasteiger partial charge >= 0.3 is 0 Å². The molecule has 2 fully saturated rings. The smallest absolute Gasteiger partial charge is 0.251 e. The fourth-order valence-electron chi connectivity index (χ4n) is 3.59. The minimum absolute atomic E-state index is 0.121. The molecule has 0 aliphatic carbocycles. The maximum Gasteiger partial charge on any atom is 0.251 e. The third-order valence-electron chi connectivity index (χ3n) is 5.17. The van der Waals surface area contributed by atoms with E-state index in [1.165, 1.54) is 12.8 Å². The summed E-state index contributed by atoms with van der Waals surface area (Å²) in [5.74, 6) is -0.487. The van der Waals surface area contributed by atoms with Crippen molar-refractivity contribution in [1.82, 2.24) is 15.5 Å². The number of nitrogens with zero attached hydrogens (tertiary/aromatic N) is 1. The van der Waals surface area contributed by atoms with Gasteiger partial charge in [-0.15, -0.1) is 0 Å². The van der Waals surface area contributed by atoms with E-state index < -0.39 is 12.1 Å². The van der Waals surface area contributed by atoms with Crippen molar-refractivity contribution in [2.24, 2.45) is 0 Å². The van der Waals surface area contributed by atoms with Gasteiger partial charge in [-0.2, -0.15) is 0 Å². The van der Waals surface area contributed by atoms with Crippen LogP contribution in [0.25, 0.3) is 0 Å². The summed E-state index contributed by atoms with van der Waals surface area (Å²) in [7, 11) is 0. The van der Waals surface area contributed by atoms with Crippen molar-refractivity contribution in [2.45, 2.75) is 44.4 Å². The van der Waals surface area contributed by atoms with Crippen LogP contribution < -0.4 is 10.6 Å². The molecule has 0 aromatic heterocycles. The van der Waals surface area contributed by atoms with E-state index in [2.05, 4.69) is 29.4 Å². The maximum atomic E-state index is 12.8. The van der Waals surface area contributed by atoms with Crippen molar-refractivity contribution in [2.75, 3.05) is 26.2 Å². The summed E-state index contributed by atoms with van der Waals surface area (Å²) in [6.07, 6.45) is 1.59. The zero-order valence-corrected chi connectivity index (χ0v) is 16.0. The molecule has 0 saturated carbocycles. The predicted octanol–water partition coefficient (Wildman–Crippen LogP) is 1.89. The first kappa shape index (κ1) is 19.1. The number of hydrogen-bond donors (Lipinski definition) is 2. The van der Waals surface area contributed by atoms with Gasteiger partial charge in [0.25, 0.3) is 5.91 Å². The molecule has 0 radical (unpaired) electrons. The highest BCUT2D eigenvalue weighted by Gasteiger charge is 2.38. The highest BCUT2D eigenvalue weighted by Crippen LogP contribution is 2.29. The van der Waals surface area contributed by atoms with Crippen LogP contribution in [0.4, 0.5) is 0 Å². The first-order valence-electron chi connectivity index (χ1n) is 9.07. The molecule has 2 amide bonds. The molecule has 26 heavy (non-hydrogen) atoms. The average Bonchev–Trinajstić information content (AvgIpc) is 3.16. The fraction of sp³-hybridized carbons (Fsp3) is 0.579. The van der Waals surface area contributed by atoms with Gasteiger partial charge in [-0.1, -0.05) is 29.8 Å². The van der Waals surface area contributed by atoms with Crippen molar-refractivity contribution in [3.63, 3.8) is 0 Å². The Kier molecular flexibility index (Phi) is 5.85.